The summed E-state index contributed by atoms with van der Waals surface area (Å²) in [5.74, 6) is -0.249. The van der Waals surface area contributed by atoms with E-state index in [2.05, 4.69) is 46.5 Å². The summed E-state index contributed by atoms with van der Waals surface area (Å²) >= 11 is 5.21. The number of benzene rings is 2. The number of pyridine rings is 1. The topological polar surface area (TPSA) is 17.3 Å². The van der Waals surface area contributed by atoms with Crippen molar-refractivity contribution in [3.63, 3.8) is 0 Å². The third kappa shape index (κ3) is 3.10. The molecule has 0 fully saturated rings. The van der Waals surface area contributed by atoms with E-state index in [4.69, 9.17) is 5.10 Å². The number of thioether (sulfide) groups is 1. The van der Waals surface area contributed by atoms with Crippen molar-refractivity contribution in [1.82, 2.24) is 9.61 Å². The van der Waals surface area contributed by atoms with E-state index in [1.807, 2.05) is 22.8 Å². The molecule has 4 aromatic rings. The minimum absolute atomic E-state index is 0.249. The molecule has 0 bridgehead atoms. The van der Waals surface area contributed by atoms with E-state index < -0.39 is 0 Å². The molecule has 0 aliphatic heterocycles. The highest BCUT2D eigenvalue weighted by Gasteiger charge is 2.16. The lowest BCUT2D eigenvalue weighted by Crippen LogP contribution is -1.86. The average molecular weight is 413 g/mol. The molecule has 124 valence electrons. The van der Waals surface area contributed by atoms with Crippen LogP contribution in [0, 0.1) is 5.82 Å². The molecule has 0 saturated heterocycles. The average Bonchev–Trinajstić information content (AvgIpc) is 3.00. The zero-order valence-corrected chi connectivity index (χ0v) is 15.8. The van der Waals surface area contributed by atoms with Gasteiger partial charge in [-0.15, -0.1) is 11.8 Å². The summed E-state index contributed by atoms with van der Waals surface area (Å²) in [6, 6.07) is 19.0. The molecule has 0 amide bonds. The largest absolute Gasteiger partial charge is 0.239 e. The molecule has 5 heteroatoms. The number of hydrogen-bond acceptors (Lipinski definition) is 2. The van der Waals surface area contributed by atoms with Crippen LogP contribution < -0.4 is 0 Å². The van der Waals surface area contributed by atoms with E-state index in [1.54, 1.807) is 23.9 Å². The maximum absolute atomic E-state index is 13.3. The summed E-state index contributed by atoms with van der Waals surface area (Å²) in [5, 5.41) is 4.75. The van der Waals surface area contributed by atoms with Crippen LogP contribution in [0.1, 0.15) is 0 Å². The van der Waals surface area contributed by atoms with Crippen LogP contribution in [-0.2, 0) is 0 Å². The lowest BCUT2D eigenvalue weighted by atomic mass is 10.00. The monoisotopic (exact) mass is 412 g/mol. The molecule has 4 rings (SSSR count). The molecule has 0 spiro atoms. The Hall–Kier alpha value is -2.11. The van der Waals surface area contributed by atoms with Crippen LogP contribution in [0.25, 0.3) is 27.9 Å². The van der Waals surface area contributed by atoms with Gasteiger partial charge in [0.15, 0.2) is 0 Å². The van der Waals surface area contributed by atoms with E-state index in [-0.39, 0.29) is 5.82 Å². The highest BCUT2D eigenvalue weighted by atomic mass is 79.9. The summed E-state index contributed by atoms with van der Waals surface area (Å²) in [5.41, 5.74) is 4.89. The second kappa shape index (κ2) is 6.65. The first kappa shape index (κ1) is 16.4. The van der Waals surface area contributed by atoms with Crippen LogP contribution in [0.15, 0.2) is 76.2 Å². The Kier molecular flexibility index (Phi) is 4.36. The quantitative estimate of drug-likeness (QED) is 0.367. The van der Waals surface area contributed by atoms with Gasteiger partial charge in [0.1, 0.15) is 11.5 Å². The van der Waals surface area contributed by atoms with Crippen molar-refractivity contribution in [2.75, 3.05) is 6.26 Å². The van der Waals surface area contributed by atoms with Crippen molar-refractivity contribution in [1.29, 1.82) is 0 Å². The fourth-order valence-corrected chi connectivity index (χ4v) is 3.61. The van der Waals surface area contributed by atoms with Gasteiger partial charge in [-0.05, 0) is 76.3 Å². The van der Waals surface area contributed by atoms with E-state index in [0.29, 0.717) is 0 Å². The van der Waals surface area contributed by atoms with Crippen molar-refractivity contribution >= 4 is 33.2 Å². The Labute approximate surface area is 157 Å². The lowest BCUT2D eigenvalue weighted by Gasteiger charge is -2.05. The van der Waals surface area contributed by atoms with E-state index in [0.717, 1.165) is 32.4 Å². The highest BCUT2D eigenvalue weighted by Crippen LogP contribution is 2.36. The van der Waals surface area contributed by atoms with Gasteiger partial charge in [0.05, 0.1) is 5.52 Å². The number of fused-ring (bicyclic) bond motifs is 1. The minimum atomic E-state index is -0.249. The first-order valence-corrected chi connectivity index (χ1v) is 9.76. The van der Waals surface area contributed by atoms with Gasteiger partial charge in [-0.3, -0.25) is 0 Å². The van der Waals surface area contributed by atoms with Gasteiger partial charge >= 0.3 is 0 Å². The van der Waals surface area contributed by atoms with E-state index in [9.17, 15) is 4.39 Å². The van der Waals surface area contributed by atoms with Gasteiger partial charge in [0.2, 0.25) is 0 Å². The molecule has 0 aliphatic carbocycles. The van der Waals surface area contributed by atoms with Crippen LogP contribution in [-0.4, -0.2) is 15.9 Å². The zero-order chi connectivity index (χ0) is 17.4. The number of nitrogens with zero attached hydrogens (tertiary/aromatic N) is 2. The Bertz CT molecular complexity index is 1040. The number of rotatable bonds is 3. The molecule has 2 heterocycles. The van der Waals surface area contributed by atoms with Gasteiger partial charge < -0.3 is 0 Å². The zero-order valence-electron chi connectivity index (χ0n) is 13.4. The van der Waals surface area contributed by atoms with Crippen LogP contribution >= 0.6 is 27.7 Å². The second-order valence-corrected chi connectivity index (χ2v) is 7.43. The summed E-state index contributed by atoms with van der Waals surface area (Å²) in [6.45, 7) is 0. The lowest BCUT2D eigenvalue weighted by molar-refractivity contribution is 0.628. The first-order valence-electron chi connectivity index (χ1n) is 7.74. The molecular formula is C20H14BrFN2S. The maximum Gasteiger partial charge on any atom is 0.123 e. The summed E-state index contributed by atoms with van der Waals surface area (Å²) in [4.78, 5) is 1.21. The van der Waals surface area contributed by atoms with E-state index in [1.165, 1.54) is 17.0 Å². The van der Waals surface area contributed by atoms with Crippen molar-refractivity contribution in [3.05, 3.63) is 77.2 Å². The summed E-state index contributed by atoms with van der Waals surface area (Å²) in [6.07, 6.45) is 3.99. The van der Waals surface area contributed by atoms with Gasteiger partial charge in [0.25, 0.3) is 0 Å². The molecule has 0 saturated carbocycles. The predicted octanol–water partition coefficient (Wildman–Crippen LogP) is 6.29. The minimum Gasteiger partial charge on any atom is -0.239 e. The number of hydrogen-bond donors (Lipinski definition) is 0. The fraction of sp³-hybridized carbons (Fsp3) is 0.0500. The van der Waals surface area contributed by atoms with Gasteiger partial charge in [-0.25, -0.2) is 8.91 Å². The summed E-state index contributed by atoms with van der Waals surface area (Å²) < 4.78 is 16.2. The number of halogens is 2. The van der Waals surface area contributed by atoms with Crippen molar-refractivity contribution in [2.45, 2.75) is 4.90 Å². The normalized spacial score (nSPS) is 11.2. The third-order valence-corrected chi connectivity index (χ3v) is 5.30. The molecule has 2 aromatic carbocycles. The molecular weight excluding hydrogens is 399 g/mol. The van der Waals surface area contributed by atoms with Gasteiger partial charge in [0, 0.05) is 26.7 Å². The van der Waals surface area contributed by atoms with Crippen molar-refractivity contribution in [3.8, 4) is 22.4 Å². The maximum atomic E-state index is 13.3. The van der Waals surface area contributed by atoms with Crippen LogP contribution in [0.3, 0.4) is 0 Å². The standard InChI is InChI=1S/C20H14BrFN2S/c1-25-17-9-4-13(5-10-17)19-18-11-6-15(21)12-24(18)23-20(19)14-2-7-16(22)8-3-14/h2-12H,1H3. The van der Waals surface area contributed by atoms with Gasteiger partial charge in [-0.1, -0.05) is 12.1 Å². The van der Waals surface area contributed by atoms with Crippen LogP contribution in [0.5, 0.6) is 0 Å². The molecule has 2 nitrogen and oxygen atoms in total. The SMILES string of the molecule is CSc1ccc(-c2c(-c3ccc(F)cc3)nn3cc(Br)ccc23)cc1. The molecule has 0 atom stereocenters. The Morgan fingerprint density at radius 2 is 1.60 bits per heavy atom. The molecule has 0 aliphatic rings. The predicted molar refractivity (Wildman–Crippen MR) is 106 cm³/mol. The molecule has 0 unspecified atom stereocenters. The first-order chi connectivity index (χ1) is 12.2. The smallest absolute Gasteiger partial charge is 0.123 e. The Morgan fingerprint density at radius 1 is 0.920 bits per heavy atom. The summed E-state index contributed by atoms with van der Waals surface area (Å²) in [7, 11) is 0. The Balaban J connectivity index is 1.98. The molecule has 0 N–H and O–H groups in total. The van der Waals surface area contributed by atoms with Crippen LogP contribution in [0.2, 0.25) is 0 Å². The van der Waals surface area contributed by atoms with E-state index >= 15 is 0 Å². The third-order valence-electron chi connectivity index (χ3n) is 4.09. The molecule has 0 radical (unpaired) electrons. The fourth-order valence-electron chi connectivity index (χ4n) is 2.88. The van der Waals surface area contributed by atoms with Crippen molar-refractivity contribution in [2.24, 2.45) is 0 Å². The van der Waals surface area contributed by atoms with Crippen molar-refractivity contribution < 1.29 is 4.39 Å². The highest BCUT2D eigenvalue weighted by molar-refractivity contribution is 9.10. The number of aromatic nitrogens is 2. The second-order valence-electron chi connectivity index (χ2n) is 5.64. The molecule has 25 heavy (non-hydrogen) atoms. The van der Waals surface area contributed by atoms with Gasteiger partial charge in [-0.2, -0.15) is 5.10 Å². The van der Waals surface area contributed by atoms with Crippen LogP contribution in [0.4, 0.5) is 4.39 Å². The Morgan fingerprint density at radius 3 is 2.28 bits per heavy atom. The molecule has 2 aromatic heterocycles.